The van der Waals surface area contributed by atoms with E-state index in [1.165, 1.54) is 0 Å². The van der Waals surface area contributed by atoms with Gasteiger partial charge >= 0.3 is 0 Å². The van der Waals surface area contributed by atoms with Gasteiger partial charge < -0.3 is 5.32 Å². The molecule has 0 aliphatic heterocycles. The number of halogens is 1. The van der Waals surface area contributed by atoms with Crippen molar-refractivity contribution in [1.82, 2.24) is 4.98 Å². The molecule has 0 saturated heterocycles. The van der Waals surface area contributed by atoms with Gasteiger partial charge in [0.25, 0.3) is 0 Å². The number of nitrogens with zero attached hydrogens (tertiary/aromatic N) is 2. The monoisotopic (exact) mass is 341 g/mol. The molecule has 0 atom stereocenters. The fourth-order valence-corrected chi connectivity index (χ4v) is 2.97. The van der Waals surface area contributed by atoms with E-state index in [1.54, 1.807) is 6.07 Å². The molecule has 1 N–H and O–H groups in total. The van der Waals surface area contributed by atoms with Crippen LogP contribution < -0.4 is 5.32 Å². The molecule has 5 heteroatoms. The van der Waals surface area contributed by atoms with Crippen LogP contribution in [0.3, 0.4) is 0 Å². The Morgan fingerprint density at radius 2 is 1.96 bits per heavy atom. The number of carbonyl (C=O) groups excluding carboxylic acids is 1. The maximum atomic E-state index is 12.3. The van der Waals surface area contributed by atoms with Gasteiger partial charge in [-0.3, -0.25) is 4.79 Å². The molecule has 2 aromatic rings. The number of hydrogen-bond acceptors (Lipinski definition) is 4. The first kappa shape index (κ1) is 18.0. The Labute approximate surface area is 148 Å². The van der Waals surface area contributed by atoms with Crippen LogP contribution >= 0.6 is 12.4 Å². The van der Waals surface area contributed by atoms with E-state index in [0.717, 1.165) is 17.7 Å². The van der Waals surface area contributed by atoms with Gasteiger partial charge in [-0.1, -0.05) is 44.2 Å². The molecule has 1 aromatic heterocycles. The van der Waals surface area contributed by atoms with E-state index in [-0.39, 0.29) is 23.6 Å². The third kappa shape index (κ3) is 3.74. The van der Waals surface area contributed by atoms with Crippen LogP contribution in [-0.2, 0) is 13.0 Å². The maximum absolute atomic E-state index is 12.3. The fourth-order valence-electron chi connectivity index (χ4n) is 2.97. The molecule has 0 spiro atoms. The zero-order chi connectivity index (χ0) is 16.4. The molecule has 3 rings (SSSR count). The van der Waals surface area contributed by atoms with E-state index in [1.807, 2.05) is 30.3 Å². The summed E-state index contributed by atoms with van der Waals surface area (Å²) in [5.74, 6) is 0.635. The Morgan fingerprint density at radius 1 is 1.25 bits per heavy atom. The van der Waals surface area contributed by atoms with Gasteiger partial charge in [0.15, 0.2) is 5.78 Å². The number of anilines is 1. The van der Waals surface area contributed by atoms with Crippen LogP contribution in [0.4, 0.5) is 5.82 Å². The lowest BCUT2D eigenvalue weighted by Crippen LogP contribution is -2.28. The average Bonchev–Trinajstić information content (AvgIpc) is 2.52. The van der Waals surface area contributed by atoms with Gasteiger partial charge in [0, 0.05) is 18.5 Å². The lowest BCUT2D eigenvalue weighted by atomic mass is 9.75. The maximum Gasteiger partial charge on any atom is 0.165 e. The number of pyridine rings is 1. The number of aromatic nitrogens is 1. The predicted octanol–water partition coefficient (Wildman–Crippen LogP) is 4.14. The van der Waals surface area contributed by atoms with Gasteiger partial charge in [0.1, 0.15) is 11.9 Å². The first-order chi connectivity index (χ1) is 11.0. The first-order valence-corrected chi connectivity index (χ1v) is 7.73. The van der Waals surface area contributed by atoms with Crippen LogP contribution in [0.15, 0.2) is 36.4 Å². The van der Waals surface area contributed by atoms with Crippen LogP contribution in [0.2, 0.25) is 0 Å². The largest absolute Gasteiger partial charge is 0.365 e. The molecule has 0 radical (unpaired) electrons. The number of nitriles is 1. The average molecular weight is 342 g/mol. The third-order valence-electron chi connectivity index (χ3n) is 4.11. The Kier molecular flexibility index (Phi) is 5.26. The minimum atomic E-state index is -0.0814. The molecule has 0 unspecified atom stereocenters. The Morgan fingerprint density at radius 3 is 2.62 bits per heavy atom. The quantitative estimate of drug-likeness (QED) is 0.911. The summed E-state index contributed by atoms with van der Waals surface area (Å²) < 4.78 is 0. The van der Waals surface area contributed by atoms with Gasteiger partial charge in [-0.05, 0) is 23.5 Å². The highest BCUT2D eigenvalue weighted by Crippen LogP contribution is 2.35. The summed E-state index contributed by atoms with van der Waals surface area (Å²) >= 11 is 0. The molecule has 4 nitrogen and oxygen atoms in total. The molecule has 1 aromatic carbocycles. The normalized spacial score (nSPS) is 15.0. The SMILES string of the molecule is CC1(C)CC(=O)c2cc(C#N)c(NCc3ccccc3)nc2C1.Cl. The third-order valence-corrected chi connectivity index (χ3v) is 4.11. The van der Waals surface area contributed by atoms with Crippen LogP contribution in [0.1, 0.15) is 47.4 Å². The van der Waals surface area contributed by atoms with Crippen molar-refractivity contribution >= 4 is 24.0 Å². The van der Waals surface area contributed by atoms with Gasteiger partial charge in [-0.25, -0.2) is 4.98 Å². The van der Waals surface area contributed by atoms with Crippen molar-refractivity contribution in [1.29, 1.82) is 5.26 Å². The predicted molar refractivity (Wildman–Crippen MR) is 96.4 cm³/mol. The number of hydrogen-bond donors (Lipinski definition) is 1. The van der Waals surface area contributed by atoms with Crippen molar-refractivity contribution in [3.8, 4) is 6.07 Å². The molecule has 0 fully saturated rings. The number of carbonyl (C=O) groups is 1. The van der Waals surface area contributed by atoms with E-state index >= 15 is 0 Å². The van der Waals surface area contributed by atoms with E-state index in [9.17, 15) is 10.1 Å². The van der Waals surface area contributed by atoms with E-state index < -0.39 is 0 Å². The highest BCUT2D eigenvalue weighted by Gasteiger charge is 2.32. The molecule has 1 heterocycles. The fraction of sp³-hybridized carbons (Fsp3) is 0.316. The zero-order valence-electron chi connectivity index (χ0n) is 13.8. The number of fused-ring (bicyclic) bond motifs is 1. The highest BCUT2D eigenvalue weighted by atomic mass is 35.5. The smallest absolute Gasteiger partial charge is 0.165 e. The topological polar surface area (TPSA) is 65.8 Å². The van der Waals surface area contributed by atoms with E-state index in [2.05, 4.69) is 30.2 Å². The first-order valence-electron chi connectivity index (χ1n) is 7.73. The summed E-state index contributed by atoms with van der Waals surface area (Å²) in [5, 5.41) is 12.6. The number of Topliss-reactive ketones (excluding diaryl/α,β-unsaturated/α-hetero) is 1. The van der Waals surface area contributed by atoms with Gasteiger partial charge in [0.2, 0.25) is 0 Å². The van der Waals surface area contributed by atoms with Crippen molar-refractivity contribution < 1.29 is 4.79 Å². The summed E-state index contributed by atoms with van der Waals surface area (Å²) in [5.41, 5.74) is 2.86. The number of nitrogens with one attached hydrogen (secondary N) is 1. The van der Waals surface area contributed by atoms with Crippen molar-refractivity contribution in [2.75, 3.05) is 5.32 Å². The molecule has 24 heavy (non-hydrogen) atoms. The Balaban J connectivity index is 0.00000208. The molecule has 0 saturated carbocycles. The van der Waals surface area contributed by atoms with Crippen LogP contribution in [0.25, 0.3) is 0 Å². The van der Waals surface area contributed by atoms with E-state index in [0.29, 0.717) is 29.9 Å². The minimum absolute atomic E-state index is 0. The number of benzene rings is 1. The summed E-state index contributed by atoms with van der Waals surface area (Å²) in [7, 11) is 0. The Bertz CT molecular complexity index is 794. The van der Waals surface area contributed by atoms with Crippen molar-refractivity contribution in [3.63, 3.8) is 0 Å². The summed E-state index contributed by atoms with van der Waals surface area (Å²) in [6, 6.07) is 13.8. The van der Waals surface area contributed by atoms with Crippen molar-refractivity contribution in [3.05, 3.63) is 58.8 Å². The summed E-state index contributed by atoms with van der Waals surface area (Å²) in [6.07, 6.45) is 1.25. The molecule has 0 amide bonds. The highest BCUT2D eigenvalue weighted by molar-refractivity contribution is 5.99. The van der Waals surface area contributed by atoms with Gasteiger partial charge in [0.05, 0.1) is 11.3 Å². The lowest BCUT2D eigenvalue weighted by Gasteiger charge is -2.29. The molecule has 124 valence electrons. The molecule has 1 aliphatic carbocycles. The van der Waals surface area contributed by atoms with E-state index in [4.69, 9.17) is 0 Å². The van der Waals surface area contributed by atoms with Crippen LogP contribution in [0, 0.1) is 16.7 Å². The van der Waals surface area contributed by atoms with Crippen LogP contribution in [-0.4, -0.2) is 10.8 Å². The van der Waals surface area contributed by atoms with Crippen molar-refractivity contribution in [2.45, 2.75) is 33.2 Å². The van der Waals surface area contributed by atoms with Gasteiger partial charge in [-0.15, -0.1) is 12.4 Å². The van der Waals surface area contributed by atoms with Crippen LogP contribution in [0.5, 0.6) is 0 Å². The number of ketones is 1. The zero-order valence-corrected chi connectivity index (χ0v) is 14.6. The lowest BCUT2D eigenvalue weighted by molar-refractivity contribution is 0.0910. The summed E-state index contributed by atoms with van der Waals surface area (Å²) in [6.45, 7) is 4.74. The number of rotatable bonds is 3. The second-order valence-electron chi connectivity index (χ2n) is 6.77. The van der Waals surface area contributed by atoms with Crippen molar-refractivity contribution in [2.24, 2.45) is 5.41 Å². The standard InChI is InChI=1S/C19H19N3O.ClH/c1-19(2)9-16-15(17(23)10-19)8-14(11-20)18(22-16)21-12-13-6-4-3-5-7-13;/h3-8H,9-10,12H2,1-2H3,(H,21,22);1H. The molecule has 0 bridgehead atoms. The molecule has 1 aliphatic rings. The second-order valence-corrected chi connectivity index (χ2v) is 6.77. The Hall–Kier alpha value is -2.38. The second kappa shape index (κ2) is 7.02. The van der Waals surface area contributed by atoms with Gasteiger partial charge in [-0.2, -0.15) is 5.26 Å². The molecular weight excluding hydrogens is 322 g/mol. The molecular formula is C19H20ClN3O. The summed E-state index contributed by atoms with van der Waals surface area (Å²) in [4.78, 5) is 16.9. The minimum Gasteiger partial charge on any atom is -0.365 e.